The summed E-state index contributed by atoms with van der Waals surface area (Å²) in [6.07, 6.45) is 4.38. The number of thiophene rings is 1. The molecule has 23 heavy (non-hydrogen) atoms. The molecular formula is C18H21ClN2OS. The molecule has 1 amide bonds. The fraction of sp³-hybridized carbons (Fsp3) is 0.278. The van der Waals surface area contributed by atoms with Crippen molar-refractivity contribution >= 4 is 34.9 Å². The van der Waals surface area contributed by atoms with E-state index in [1.54, 1.807) is 17.4 Å². The zero-order valence-electron chi connectivity index (χ0n) is 13.4. The minimum Gasteiger partial charge on any atom is -0.353 e. The van der Waals surface area contributed by atoms with Gasteiger partial charge in [-0.3, -0.25) is 4.79 Å². The predicted octanol–water partition coefficient (Wildman–Crippen LogP) is 4.15. The quantitative estimate of drug-likeness (QED) is 0.602. The third kappa shape index (κ3) is 6.18. The lowest BCUT2D eigenvalue weighted by atomic mass is 10.2. The summed E-state index contributed by atoms with van der Waals surface area (Å²) in [4.78, 5) is 16.0. The van der Waals surface area contributed by atoms with Crippen LogP contribution in [0.1, 0.15) is 11.3 Å². The van der Waals surface area contributed by atoms with Crippen molar-refractivity contribution in [3.8, 4) is 10.4 Å². The molecule has 0 unspecified atom stereocenters. The second-order valence-corrected chi connectivity index (χ2v) is 7.05. The van der Waals surface area contributed by atoms with Crippen LogP contribution in [-0.4, -0.2) is 38.0 Å². The first kappa shape index (κ1) is 17.7. The fourth-order valence-electron chi connectivity index (χ4n) is 2.06. The number of rotatable bonds is 7. The average Bonchev–Trinajstić information content (AvgIpc) is 2.98. The molecular weight excluding hydrogens is 328 g/mol. The van der Waals surface area contributed by atoms with Crippen LogP contribution in [0, 0.1) is 0 Å². The summed E-state index contributed by atoms with van der Waals surface area (Å²) < 4.78 is 0. The Kier molecular flexibility index (Phi) is 6.84. The van der Waals surface area contributed by atoms with Gasteiger partial charge >= 0.3 is 0 Å². The zero-order chi connectivity index (χ0) is 16.7. The largest absolute Gasteiger partial charge is 0.353 e. The highest BCUT2D eigenvalue weighted by atomic mass is 35.5. The van der Waals surface area contributed by atoms with Crippen LogP contribution in [0.15, 0.2) is 42.5 Å². The molecule has 3 nitrogen and oxygen atoms in total. The maximum absolute atomic E-state index is 11.8. The van der Waals surface area contributed by atoms with Gasteiger partial charge in [0.25, 0.3) is 0 Å². The minimum atomic E-state index is -0.0542. The number of nitrogens with one attached hydrogen (secondary N) is 1. The molecule has 0 bridgehead atoms. The molecule has 0 radical (unpaired) electrons. The fourth-order valence-corrected chi connectivity index (χ4v) is 3.16. The SMILES string of the molecule is CN(C)CCCNC(=O)C=Cc1ccc(-c2cccc(Cl)c2)s1. The molecule has 1 aromatic heterocycles. The van der Waals surface area contributed by atoms with Crippen molar-refractivity contribution in [1.82, 2.24) is 10.2 Å². The van der Waals surface area contributed by atoms with E-state index in [-0.39, 0.29) is 5.91 Å². The van der Waals surface area contributed by atoms with E-state index in [0.717, 1.165) is 33.3 Å². The summed E-state index contributed by atoms with van der Waals surface area (Å²) in [5, 5.41) is 3.62. The maximum atomic E-state index is 11.8. The second kappa shape index (κ2) is 8.87. The lowest BCUT2D eigenvalue weighted by molar-refractivity contribution is -0.116. The normalized spacial score (nSPS) is 11.3. The Morgan fingerprint density at radius 1 is 1.30 bits per heavy atom. The Labute approximate surface area is 146 Å². The molecule has 1 aromatic carbocycles. The van der Waals surface area contributed by atoms with Crippen LogP contribution in [0.25, 0.3) is 16.5 Å². The molecule has 0 saturated carbocycles. The molecule has 0 fully saturated rings. The van der Waals surface area contributed by atoms with Gasteiger partial charge in [-0.05, 0) is 63.0 Å². The van der Waals surface area contributed by atoms with E-state index >= 15 is 0 Å². The number of hydrogen-bond acceptors (Lipinski definition) is 3. The van der Waals surface area contributed by atoms with Crippen LogP contribution in [-0.2, 0) is 4.79 Å². The molecule has 122 valence electrons. The molecule has 5 heteroatoms. The van der Waals surface area contributed by atoms with E-state index in [2.05, 4.69) is 10.2 Å². The Balaban J connectivity index is 1.87. The molecule has 2 rings (SSSR count). The summed E-state index contributed by atoms with van der Waals surface area (Å²) in [6, 6.07) is 11.8. The van der Waals surface area contributed by atoms with Gasteiger partial charge in [0.2, 0.25) is 5.91 Å². The summed E-state index contributed by atoms with van der Waals surface area (Å²) in [6.45, 7) is 1.66. The molecule has 1 N–H and O–H groups in total. The van der Waals surface area contributed by atoms with Gasteiger partial charge in [-0.1, -0.05) is 23.7 Å². The standard InChI is InChI=1S/C18H21ClN2OS/c1-21(2)12-4-11-20-18(22)10-8-16-7-9-17(23-16)14-5-3-6-15(19)13-14/h3,5-10,13H,4,11-12H2,1-2H3,(H,20,22). The smallest absolute Gasteiger partial charge is 0.244 e. The van der Waals surface area contributed by atoms with Gasteiger partial charge in [0, 0.05) is 27.4 Å². The number of carbonyl (C=O) groups is 1. The number of benzene rings is 1. The molecule has 2 aromatic rings. The van der Waals surface area contributed by atoms with Gasteiger partial charge in [0.05, 0.1) is 0 Å². The van der Waals surface area contributed by atoms with E-state index in [1.807, 2.05) is 56.6 Å². The van der Waals surface area contributed by atoms with E-state index in [1.165, 1.54) is 0 Å². The second-order valence-electron chi connectivity index (χ2n) is 5.49. The van der Waals surface area contributed by atoms with Crippen molar-refractivity contribution in [1.29, 1.82) is 0 Å². The number of nitrogens with zero attached hydrogens (tertiary/aromatic N) is 1. The zero-order valence-corrected chi connectivity index (χ0v) is 15.0. The van der Waals surface area contributed by atoms with Gasteiger partial charge < -0.3 is 10.2 Å². The van der Waals surface area contributed by atoms with Gasteiger partial charge in [0.1, 0.15) is 0 Å². The molecule has 0 atom stereocenters. The highest BCUT2D eigenvalue weighted by molar-refractivity contribution is 7.16. The van der Waals surface area contributed by atoms with Crippen LogP contribution >= 0.6 is 22.9 Å². The third-order valence-corrected chi connectivity index (χ3v) is 4.55. The van der Waals surface area contributed by atoms with Crippen molar-refractivity contribution in [3.05, 3.63) is 52.4 Å². The monoisotopic (exact) mass is 348 g/mol. The Morgan fingerprint density at radius 2 is 2.13 bits per heavy atom. The molecule has 1 heterocycles. The molecule has 0 aliphatic carbocycles. The van der Waals surface area contributed by atoms with Gasteiger partial charge in [-0.15, -0.1) is 11.3 Å². The topological polar surface area (TPSA) is 32.3 Å². The van der Waals surface area contributed by atoms with Gasteiger partial charge in [-0.2, -0.15) is 0 Å². The Morgan fingerprint density at radius 3 is 2.87 bits per heavy atom. The summed E-state index contributed by atoms with van der Waals surface area (Å²) in [5.74, 6) is -0.0542. The lowest BCUT2D eigenvalue weighted by Gasteiger charge is -2.08. The van der Waals surface area contributed by atoms with Crippen molar-refractivity contribution in [2.45, 2.75) is 6.42 Å². The lowest BCUT2D eigenvalue weighted by Crippen LogP contribution is -2.25. The van der Waals surface area contributed by atoms with E-state index in [0.29, 0.717) is 6.54 Å². The predicted molar refractivity (Wildman–Crippen MR) is 100.0 cm³/mol. The van der Waals surface area contributed by atoms with Gasteiger partial charge in [-0.25, -0.2) is 0 Å². The van der Waals surface area contributed by atoms with Crippen LogP contribution < -0.4 is 5.32 Å². The van der Waals surface area contributed by atoms with Crippen molar-refractivity contribution in [2.75, 3.05) is 27.2 Å². The molecule has 0 spiro atoms. The average molecular weight is 349 g/mol. The number of halogens is 1. The Bertz CT molecular complexity index is 679. The maximum Gasteiger partial charge on any atom is 0.244 e. The number of carbonyl (C=O) groups excluding carboxylic acids is 1. The number of amides is 1. The van der Waals surface area contributed by atoms with E-state index in [4.69, 9.17) is 11.6 Å². The van der Waals surface area contributed by atoms with E-state index in [9.17, 15) is 4.79 Å². The third-order valence-electron chi connectivity index (χ3n) is 3.22. The van der Waals surface area contributed by atoms with E-state index < -0.39 is 0 Å². The van der Waals surface area contributed by atoms with Crippen LogP contribution in [0.4, 0.5) is 0 Å². The van der Waals surface area contributed by atoms with Crippen LogP contribution in [0.3, 0.4) is 0 Å². The first-order chi connectivity index (χ1) is 11.0. The van der Waals surface area contributed by atoms with Crippen molar-refractivity contribution in [3.63, 3.8) is 0 Å². The van der Waals surface area contributed by atoms with Gasteiger partial charge in [0.15, 0.2) is 0 Å². The van der Waals surface area contributed by atoms with Crippen molar-refractivity contribution in [2.24, 2.45) is 0 Å². The van der Waals surface area contributed by atoms with Crippen LogP contribution in [0.5, 0.6) is 0 Å². The van der Waals surface area contributed by atoms with Crippen LogP contribution in [0.2, 0.25) is 5.02 Å². The first-order valence-corrected chi connectivity index (χ1v) is 8.70. The molecule has 0 aliphatic heterocycles. The Hall–Kier alpha value is -1.62. The summed E-state index contributed by atoms with van der Waals surface area (Å²) in [7, 11) is 4.05. The summed E-state index contributed by atoms with van der Waals surface area (Å²) in [5.41, 5.74) is 1.09. The summed E-state index contributed by atoms with van der Waals surface area (Å²) >= 11 is 7.66. The van der Waals surface area contributed by atoms with Crippen molar-refractivity contribution < 1.29 is 4.79 Å². The first-order valence-electron chi connectivity index (χ1n) is 7.51. The minimum absolute atomic E-state index is 0.0542. The molecule has 0 aliphatic rings. The highest BCUT2D eigenvalue weighted by Gasteiger charge is 2.02. The highest BCUT2D eigenvalue weighted by Crippen LogP contribution is 2.30. The number of hydrogen-bond donors (Lipinski definition) is 1. The molecule has 0 saturated heterocycles.